The van der Waals surface area contributed by atoms with E-state index in [-0.39, 0.29) is 37.1 Å². The van der Waals surface area contributed by atoms with E-state index in [4.69, 9.17) is 28.4 Å². The molecular formula is C37H68N2O13. The largest absolute Gasteiger partial charge is 0.459 e. The number of aliphatic hydroxyl groups excluding tert-OH is 3. The van der Waals surface area contributed by atoms with Crippen LogP contribution in [0.3, 0.4) is 0 Å². The zero-order valence-corrected chi connectivity index (χ0v) is 33.4. The average molecular weight is 749 g/mol. The summed E-state index contributed by atoms with van der Waals surface area (Å²) in [6.07, 6.45) is -9.51. The molecule has 3 rings (SSSR count). The van der Waals surface area contributed by atoms with Gasteiger partial charge in [0.25, 0.3) is 0 Å². The van der Waals surface area contributed by atoms with Gasteiger partial charge < -0.3 is 64.1 Å². The molecule has 0 spiro atoms. The fraction of sp³-hybridized carbons (Fsp3) is 0.946. The molecule has 0 amide bonds. The van der Waals surface area contributed by atoms with E-state index in [2.05, 4.69) is 5.16 Å². The molecular weight excluding hydrogens is 680 g/mol. The van der Waals surface area contributed by atoms with Crippen LogP contribution in [0, 0.1) is 23.7 Å². The van der Waals surface area contributed by atoms with E-state index in [1.54, 1.807) is 55.4 Å². The van der Waals surface area contributed by atoms with E-state index in [1.165, 1.54) is 14.0 Å². The van der Waals surface area contributed by atoms with Crippen molar-refractivity contribution in [2.45, 2.75) is 179 Å². The Hall–Kier alpha value is -1.50. The summed E-state index contributed by atoms with van der Waals surface area (Å²) in [5.74, 6) is -4.24. The Bertz CT molecular complexity index is 1200. The van der Waals surface area contributed by atoms with Crippen molar-refractivity contribution in [1.29, 1.82) is 0 Å². The maximum absolute atomic E-state index is 14.1. The SMILES string of the molecule is CC[C@H]1OC(=O)[C@H](C)[C@@H](OC2C[C@@](C)(OC)[C@H](O)[C@H](C)O2)[C@@H](C)[C@@H](OC2O[C@@H](C)C[C@H](N(C)C)C2O)[C@](C)(O)C[C@@H](C)/C(=N\O)[C@H](C)[C@@H](O)[C@]1(C)O. The molecule has 3 aliphatic heterocycles. The van der Waals surface area contributed by atoms with Gasteiger partial charge in [-0.3, -0.25) is 4.79 Å². The number of hydrogen-bond donors (Lipinski definition) is 6. The van der Waals surface area contributed by atoms with Gasteiger partial charge in [0.2, 0.25) is 0 Å². The Morgan fingerprint density at radius 2 is 1.54 bits per heavy atom. The first-order chi connectivity index (χ1) is 24.0. The third-order valence-corrected chi connectivity index (χ3v) is 12.0. The van der Waals surface area contributed by atoms with Crippen LogP contribution < -0.4 is 0 Å². The van der Waals surface area contributed by atoms with Crippen LogP contribution in [0.5, 0.6) is 0 Å². The number of ether oxygens (including phenoxy) is 6. The van der Waals surface area contributed by atoms with Crippen molar-refractivity contribution < 1.29 is 64.0 Å². The van der Waals surface area contributed by atoms with E-state index >= 15 is 0 Å². The van der Waals surface area contributed by atoms with Crippen LogP contribution in [0.1, 0.15) is 94.9 Å². The van der Waals surface area contributed by atoms with Crippen LogP contribution in [0.25, 0.3) is 0 Å². The maximum Gasteiger partial charge on any atom is 0.311 e. The molecule has 0 aromatic rings. The van der Waals surface area contributed by atoms with Crippen molar-refractivity contribution in [3.05, 3.63) is 0 Å². The molecule has 0 aromatic heterocycles. The minimum Gasteiger partial charge on any atom is -0.459 e. The maximum atomic E-state index is 14.1. The lowest BCUT2D eigenvalue weighted by Crippen LogP contribution is -2.61. The van der Waals surface area contributed by atoms with Gasteiger partial charge in [-0.1, -0.05) is 32.9 Å². The van der Waals surface area contributed by atoms with Crippen molar-refractivity contribution in [3.63, 3.8) is 0 Å². The molecule has 304 valence electrons. The van der Waals surface area contributed by atoms with Gasteiger partial charge in [-0.25, -0.2) is 0 Å². The lowest BCUT2D eigenvalue weighted by atomic mass is 9.73. The molecule has 3 fully saturated rings. The molecule has 15 heteroatoms. The summed E-state index contributed by atoms with van der Waals surface area (Å²) < 4.78 is 37.2. The number of methoxy groups -OCH3 is 1. The van der Waals surface area contributed by atoms with E-state index in [0.29, 0.717) is 6.42 Å². The number of likely N-dealkylation sites (N-methyl/N-ethyl adjacent to an activating group) is 1. The van der Waals surface area contributed by atoms with Gasteiger partial charge in [-0.2, -0.15) is 0 Å². The fourth-order valence-corrected chi connectivity index (χ4v) is 8.61. The summed E-state index contributed by atoms with van der Waals surface area (Å²) >= 11 is 0. The zero-order chi connectivity index (χ0) is 39.7. The van der Waals surface area contributed by atoms with Crippen LogP contribution in [0.15, 0.2) is 5.16 Å². The minimum atomic E-state index is -1.97. The molecule has 0 radical (unpaired) electrons. The zero-order valence-electron chi connectivity index (χ0n) is 33.4. The number of rotatable bonds is 7. The molecule has 3 unspecified atom stereocenters. The van der Waals surface area contributed by atoms with Gasteiger partial charge in [0.05, 0.1) is 53.4 Å². The van der Waals surface area contributed by atoms with Crippen LogP contribution in [0.4, 0.5) is 0 Å². The molecule has 15 nitrogen and oxygen atoms in total. The predicted octanol–water partition coefficient (Wildman–Crippen LogP) is 2.05. The number of cyclic esters (lactones) is 1. The summed E-state index contributed by atoms with van der Waals surface area (Å²) in [7, 11) is 5.19. The average Bonchev–Trinajstić information content (AvgIpc) is 3.06. The fourth-order valence-electron chi connectivity index (χ4n) is 8.61. The minimum absolute atomic E-state index is 0.0657. The van der Waals surface area contributed by atoms with Gasteiger partial charge in [-0.05, 0) is 74.9 Å². The topological polar surface area (TPSA) is 209 Å². The lowest BCUT2D eigenvalue weighted by Gasteiger charge is -2.49. The number of carbonyl (C=O) groups is 1. The molecule has 0 bridgehead atoms. The van der Waals surface area contributed by atoms with Crippen LogP contribution in [-0.4, -0.2) is 153 Å². The summed E-state index contributed by atoms with van der Waals surface area (Å²) in [6, 6.07) is -0.322. The van der Waals surface area contributed by atoms with Crippen molar-refractivity contribution in [2.24, 2.45) is 28.8 Å². The van der Waals surface area contributed by atoms with Crippen LogP contribution in [0.2, 0.25) is 0 Å². The van der Waals surface area contributed by atoms with E-state index in [9.17, 15) is 35.5 Å². The highest BCUT2D eigenvalue weighted by molar-refractivity contribution is 5.88. The molecule has 0 aliphatic carbocycles. The predicted molar refractivity (Wildman–Crippen MR) is 190 cm³/mol. The Morgan fingerprint density at radius 3 is 2.08 bits per heavy atom. The summed E-state index contributed by atoms with van der Waals surface area (Å²) in [5, 5.41) is 71.8. The van der Waals surface area contributed by atoms with Crippen LogP contribution >= 0.6 is 0 Å². The third kappa shape index (κ3) is 9.47. The van der Waals surface area contributed by atoms with Crippen molar-refractivity contribution in [3.8, 4) is 0 Å². The molecule has 3 heterocycles. The van der Waals surface area contributed by atoms with Gasteiger partial charge in [0.15, 0.2) is 12.6 Å². The van der Waals surface area contributed by atoms with Gasteiger partial charge in [0.1, 0.15) is 23.9 Å². The highest BCUT2D eigenvalue weighted by Crippen LogP contribution is 2.41. The first-order valence-electron chi connectivity index (χ1n) is 18.7. The summed E-state index contributed by atoms with van der Waals surface area (Å²) in [4.78, 5) is 16.0. The number of carbonyl (C=O) groups excluding carboxylic acids is 1. The smallest absolute Gasteiger partial charge is 0.311 e. The van der Waals surface area contributed by atoms with Crippen LogP contribution in [-0.2, 0) is 33.2 Å². The number of oxime groups is 1. The molecule has 3 saturated heterocycles. The molecule has 3 aliphatic rings. The van der Waals surface area contributed by atoms with Crippen molar-refractivity contribution >= 4 is 11.7 Å². The standard InChI is InChI=1S/C37H68N2O13/c1-14-25-37(10,45)30(41)20(4)27(38-46)18(2)16-35(8,44)32(52-34-28(40)24(39(11)12)15-19(3)48-34)21(5)29(22(6)33(43)50-25)51-26-17-36(9,47-13)31(42)23(7)49-26/h18-26,28-32,34,40-42,44-46H,14-17H2,1-13H3/b38-27+/t18-,19+,20+,21-,22-,23+,24+,25-,26?,28?,29+,30-,31-,32-,34?,35-,36-,37-/m1/s1. The highest BCUT2D eigenvalue weighted by atomic mass is 16.7. The Morgan fingerprint density at radius 1 is 0.923 bits per heavy atom. The Balaban J connectivity index is 2.21. The quantitative estimate of drug-likeness (QED) is 0.125. The molecule has 0 saturated carbocycles. The first-order valence-corrected chi connectivity index (χ1v) is 18.7. The number of esters is 1. The molecule has 52 heavy (non-hydrogen) atoms. The summed E-state index contributed by atoms with van der Waals surface area (Å²) in [6.45, 7) is 16.6. The van der Waals surface area contributed by atoms with Crippen molar-refractivity contribution in [1.82, 2.24) is 4.90 Å². The normalized spacial score (nSPS) is 49.8. The highest BCUT2D eigenvalue weighted by Gasteiger charge is 2.53. The van der Waals surface area contributed by atoms with Gasteiger partial charge in [-0.15, -0.1) is 0 Å². The second-order valence-corrected chi connectivity index (χ2v) is 16.6. The van der Waals surface area contributed by atoms with Gasteiger partial charge >= 0.3 is 5.97 Å². The number of aliphatic hydroxyl groups is 5. The molecule has 0 aromatic carbocycles. The number of hydrogen-bond acceptors (Lipinski definition) is 15. The monoisotopic (exact) mass is 748 g/mol. The van der Waals surface area contributed by atoms with E-state index in [1.807, 2.05) is 25.9 Å². The van der Waals surface area contributed by atoms with Gasteiger partial charge in [0, 0.05) is 37.3 Å². The van der Waals surface area contributed by atoms with Crippen molar-refractivity contribution in [2.75, 3.05) is 21.2 Å². The first kappa shape index (κ1) is 44.9. The lowest BCUT2D eigenvalue weighted by molar-refractivity contribution is -0.317. The van der Waals surface area contributed by atoms with E-state index < -0.39 is 102 Å². The summed E-state index contributed by atoms with van der Waals surface area (Å²) in [5.41, 5.74) is -4.68. The number of nitrogens with zero attached hydrogens (tertiary/aromatic N) is 2. The second kappa shape index (κ2) is 17.5. The Labute approximate surface area is 309 Å². The van der Waals surface area contributed by atoms with E-state index in [0.717, 1.165) is 0 Å². The Kier molecular flexibility index (Phi) is 15.1. The third-order valence-electron chi connectivity index (χ3n) is 12.0. The molecule has 6 N–H and O–H groups in total. The second-order valence-electron chi connectivity index (χ2n) is 16.6. The molecule has 18 atom stereocenters.